The maximum Gasteiger partial charge on any atom is 0.272 e. The summed E-state index contributed by atoms with van der Waals surface area (Å²) in [5.41, 5.74) is 3.53. The second-order valence-electron chi connectivity index (χ2n) is 8.66. The number of nitro groups is 1. The Kier molecular flexibility index (Phi) is 4.84. The van der Waals surface area contributed by atoms with E-state index < -0.39 is 24.0 Å². The van der Waals surface area contributed by atoms with Gasteiger partial charge >= 0.3 is 0 Å². The molecule has 6 rings (SSSR count). The highest BCUT2D eigenvalue weighted by Gasteiger charge is 2.59. The predicted octanol–water partition coefficient (Wildman–Crippen LogP) is 3.79. The highest BCUT2D eigenvalue weighted by molar-refractivity contribution is 5.96. The molecule has 174 valence electrons. The molecule has 4 aromatic rings. The van der Waals surface area contributed by atoms with Gasteiger partial charge in [0.05, 0.1) is 18.5 Å². The Balaban J connectivity index is 1.57. The molecule has 9 heteroatoms. The number of hydrogen-bond acceptors (Lipinski definition) is 7. The van der Waals surface area contributed by atoms with Crippen molar-refractivity contribution in [3.63, 3.8) is 0 Å². The summed E-state index contributed by atoms with van der Waals surface area (Å²) < 4.78 is 6.56. The molecule has 0 unspecified atom stereocenters. The van der Waals surface area contributed by atoms with E-state index in [9.17, 15) is 14.9 Å². The van der Waals surface area contributed by atoms with Crippen LogP contribution >= 0.6 is 0 Å². The third kappa shape index (κ3) is 3.19. The first-order chi connectivity index (χ1) is 17.1. The highest BCUT2D eigenvalue weighted by atomic mass is 16.6. The SMILES string of the molecule is COc1ccc([C@H]2[C@H]([N+](=O)[O-])[C@@H]3C=Cc4ccccc4N3[C@H]2C(=O)n2nnc3ccccc32)cc1. The largest absolute Gasteiger partial charge is 0.497 e. The number of methoxy groups -OCH3 is 1. The summed E-state index contributed by atoms with van der Waals surface area (Å²) in [6, 6.07) is 19.4. The number of rotatable bonds is 4. The van der Waals surface area contributed by atoms with Crippen molar-refractivity contribution in [3.8, 4) is 5.75 Å². The lowest BCUT2D eigenvalue weighted by Crippen LogP contribution is -2.46. The second-order valence-corrected chi connectivity index (χ2v) is 8.66. The smallest absolute Gasteiger partial charge is 0.272 e. The van der Waals surface area contributed by atoms with E-state index in [2.05, 4.69) is 10.3 Å². The fourth-order valence-corrected chi connectivity index (χ4v) is 5.40. The topological polar surface area (TPSA) is 103 Å². The maximum atomic E-state index is 14.2. The number of para-hydroxylation sites is 2. The number of hydrogen-bond donors (Lipinski definition) is 0. The molecule has 2 aliphatic heterocycles. The molecule has 0 spiro atoms. The van der Waals surface area contributed by atoms with Crippen LogP contribution in [0.2, 0.25) is 0 Å². The van der Waals surface area contributed by atoms with Crippen molar-refractivity contribution < 1.29 is 14.5 Å². The van der Waals surface area contributed by atoms with Crippen molar-refractivity contribution in [2.75, 3.05) is 12.0 Å². The fourth-order valence-electron chi connectivity index (χ4n) is 5.40. The van der Waals surface area contributed by atoms with Crippen molar-refractivity contribution in [1.29, 1.82) is 0 Å². The molecule has 4 atom stereocenters. The van der Waals surface area contributed by atoms with Gasteiger partial charge < -0.3 is 9.64 Å². The number of carbonyl (C=O) groups is 1. The number of carbonyl (C=O) groups excluding carboxylic acids is 1. The molecule has 0 radical (unpaired) electrons. The van der Waals surface area contributed by atoms with Crippen molar-refractivity contribution in [2.45, 2.75) is 24.0 Å². The number of anilines is 1. The molecule has 35 heavy (non-hydrogen) atoms. The molecule has 0 bridgehead atoms. The summed E-state index contributed by atoms with van der Waals surface area (Å²) >= 11 is 0. The molecule has 0 saturated carbocycles. The van der Waals surface area contributed by atoms with Gasteiger partial charge in [-0.3, -0.25) is 14.9 Å². The third-order valence-electron chi connectivity index (χ3n) is 6.92. The van der Waals surface area contributed by atoms with Crippen molar-refractivity contribution in [2.24, 2.45) is 0 Å². The van der Waals surface area contributed by atoms with E-state index in [0.717, 1.165) is 11.3 Å². The molecule has 0 amide bonds. The van der Waals surface area contributed by atoms with Gasteiger partial charge in [-0.25, -0.2) is 0 Å². The minimum absolute atomic E-state index is 0.266. The number of nitrogens with zero attached hydrogens (tertiary/aromatic N) is 5. The zero-order valence-electron chi connectivity index (χ0n) is 18.8. The predicted molar refractivity (Wildman–Crippen MR) is 130 cm³/mol. The van der Waals surface area contributed by atoms with Gasteiger partial charge in [-0.05, 0) is 41.5 Å². The summed E-state index contributed by atoms with van der Waals surface area (Å²) in [4.78, 5) is 28.3. The van der Waals surface area contributed by atoms with E-state index in [1.807, 2.05) is 53.5 Å². The average molecular weight is 467 g/mol. The van der Waals surface area contributed by atoms with E-state index >= 15 is 0 Å². The highest BCUT2D eigenvalue weighted by Crippen LogP contribution is 2.46. The van der Waals surface area contributed by atoms with Crippen molar-refractivity contribution in [3.05, 3.63) is 100 Å². The van der Waals surface area contributed by atoms with E-state index in [1.165, 1.54) is 4.68 Å². The van der Waals surface area contributed by atoms with Crippen LogP contribution in [0.15, 0.2) is 78.9 Å². The molecule has 0 aliphatic carbocycles. The molecule has 3 aromatic carbocycles. The normalized spacial score (nSPS) is 22.6. The van der Waals surface area contributed by atoms with Gasteiger partial charge in [0.25, 0.3) is 5.91 Å². The number of ether oxygens (including phenoxy) is 1. The first kappa shape index (κ1) is 21.0. The van der Waals surface area contributed by atoms with Gasteiger partial charge in [-0.1, -0.05) is 59.8 Å². The zero-order valence-corrected chi connectivity index (χ0v) is 18.8. The van der Waals surface area contributed by atoms with Crippen LogP contribution < -0.4 is 9.64 Å². The van der Waals surface area contributed by atoms with E-state index in [4.69, 9.17) is 4.74 Å². The molecule has 2 aliphatic rings. The lowest BCUT2D eigenvalue weighted by atomic mass is 9.86. The third-order valence-corrected chi connectivity index (χ3v) is 6.92. The Hall–Kier alpha value is -4.53. The molecule has 1 saturated heterocycles. The van der Waals surface area contributed by atoms with Crippen LogP contribution in [0.4, 0.5) is 5.69 Å². The molecule has 1 fully saturated rings. The zero-order chi connectivity index (χ0) is 24.1. The Morgan fingerprint density at radius 2 is 1.77 bits per heavy atom. The van der Waals surface area contributed by atoms with Crippen LogP contribution in [0, 0.1) is 10.1 Å². The Morgan fingerprint density at radius 1 is 1.03 bits per heavy atom. The molecule has 1 aromatic heterocycles. The quantitative estimate of drug-likeness (QED) is 0.332. The summed E-state index contributed by atoms with van der Waals surface area (Å²) in [6.45, 7) is 0. The number of aromatic nitrogens is 3. The summed E-state index contributed by atoms with van der Waals surface area (Å²) in [5.74, 6) is -0.455. The second kappa shape index (κ2) is 8.05. The lowest BCUT2D eigenvalue weighted by Gasteiger charge is -2.33. The maximum absolute atomic E-state index is 14.2. The Bertz CT molecular complexity index is 1480. The molecule has 9 nitrogen and oxygen atoms in total. The van der Waals surface area contributed by atoms with E-state index in [-0.39, 0.29) is 10.8 Å². The molecule has 3 heterocycles. The first-order valence-electron chi connectivity index (χ1n) is 11.3. The minimum atomic E-state index is -1.04. The van der Waals surface area contributed by atoms with Gasteiger partial charge in [0.1, 0.15) is 23.3 Å². The number of fused-ring (bicyclic) bond motifs is 4. The lowest BCUT2D eigenvalue weighted by molar-refractivity contribution is -0.524. The standard InChI is InChI=1S/C26H21N5O4/c1-35-18-13-10-17(11-14-18)23-24(31(33)34)22-15-12-16-6-2-4-8-20(16)29(22)25(23)26(32)30-21-9-5-3-7-19(21)27-28-30/h2-15,22-25H,1H3/t22-,23-,24+,25+/m0/s1. The van der Waals surface area contributed by atoms with Crippen LogP contribution in [0.25, 0.3) is 17.1 Å². The molecule has 0 N–H and O–H groups in total. The summed E-state index contributed by atoms with van der Waals surface area (Å²) in [5, 5.41) is 20.8. The van der Waals surface area contributed by atoms with Crippen LogP contribution in [0.3, 0.4) is 0 Å². The number of benzene rings is 3. The summed E-state index contributed by atoms with van der Waals surface area (Å²) in [6.07, 6.45) is 3.73. The van der Waals surface area contributed by atoms with E-state index in [0.29, 0.717) is 22.3 Å². The van der Waals surface area contributed by atoms with Gasteiger partial charge in [-0.15, -0.1) is 5.10 Å². The van der Waals surface area contributed by atoms with Gasteiger partial charge in [0.15, 0.2) is 0 Å². The fraction of sp³-hybridized carbons (Fsp3) is 0.192. The van der Waals surface area contributed by atoms with Crippen LogP contribution in [0.1, 0.15) is 21.8 Å². The monoisotopic (exact) mass is 467 g/mol. The van der Waals surface area contributed by atoms with Crippen LogP contribution in [-0.4, -0.2) is 51.1 Å². The Labute approximate surface area is 200 Å². The van der Waals surface area contributed by atoms with Crippen molar-refractivity contribution >= 4 is 28.7 Å². The van der Waals surface area contributed by atoms with Gasteiger partial charge in [0, 0.05) is 10.6 Å². The van der Waals surface area contributed by atoms with Gasteiger partial charge in [-0.2, -0.15) is 4.68 Å². The average Bonchev–Trinajstić information content (AvgIpc) is 3.48. The first-order valence-corrected chi connectivity index (χ1v) is 11.3. The van der Waals surface area contributed by atoms with Gasteiger partial charge in [0.2, 0.25) is 6.04 Å². The van der Waals surface area contributed by atoms with Crippen molar-refractivity contribution in [1.82, 2.24) is 15.0 Å². The van der Waals surface area contributed by atoms with E-state index in [1.54, 1.807) is 43.5 Å². The molecular weight excluding hydrogens is 446 g/mol. The van der Waals surface area contributed by atoms with Crippen LogP contribution in [-0.2, 0) is 0 Å². The Morgan fingerprint density at radius 3 is 2.54 bits per heavy atom. The van der Waals surface area contributed by atoms with Crippen LogP contribution in [0.5, 0.6) is 5.75 Å². The molecular formula is C26H21N5O4. The minimum Gasteiger partial charge on any atom is -0.497 e. The summed E-state index contributed by atoms with van der Waals surface area (Å²) in [7, 11) is 1.56.